The summed E-state index contributed by atoms with van der Waals surface area (Å²) in [5.41, 5.74) is 1.60. The molecule has 2 aromatic heterocycles. The van der Waals surface area contributed by atoms with Crippen LogP contribution in [0, 0.1) is 0 Å². The normalized spacial score (nSPS) is 16.2. The molecule has 5 heteroatoms. The zero-order valence-electron chi connectivity index (χ0n) is 10.1. The fraction of sp³-hybridized carbons (Fsp3) is 0.385. The molecule has 1 aliphatic carbocycles. The fourth-order valence-electron chi connectivity index (χ4n) is 2.68. The summed E-state index contributed by atoms with van der Waals surface area (Å²) in [7, 11) is 0. The van der Waals surface area contributed by atoms with E-state index in [4.69, 9.17) is 5.84 Å². The van der Waals surface area contributed by atoms with Crippen molar-refractivity contribution in [1.82, 2.24) is 14.2 Å². The van der Waals surface area contributed by atoms with Crippen molar-refractivity contribution in [2.24, 2.45) is 0 Å². The van der Waals surface area contributed by atoms with Gasteiger partial charge < -0.3 is 10.4 Å². The van der Waals surface area contributed by atoms with Gasteiger partial charge in [-0.2, -0.15) is 0 Å². The molecule has 94 valence electrons. The van der Waals surface area contributed by atoms with Crippen LogP contribution in [0.4, 0.5) is 0 Å². The lowest BCUT2D eigenvalue weighted by atomic mass is 10.0. The maximum atomic E-state index is 11.9. The minimum Gasteiger partial charge on any atom is -0.336 e. The first kappa shape index (κ1) is 11.1. The number of aromatic nitrogens is 3. The molecule has 0 saturated heterocycles. The van der Waals surface area contributed by atoms with Gasteiger partial charge in [0.2, 0.25) is 0 Å². The predicted molar refractivity (Wildman–Crippen MR) is 69.2 cm³/mol. The zero-order valence-corrected chi connectivity index (χ0v) is 10.1. The van der Waals surface area contributed by atoms with Crippen LogP contribution in [0.3, 0.4) is 0 Å². The van der Waals surface area contributed by atoms with Gasteiger partial charge in [-0.15, -0.1) is 0 Å². The Hall–Kier alpha value is -2.04. The predicted octanol–water partition coefficient (Wildman–Crippen LogP) is 1.41. The summed E-state index contributed by atoms with van der Waals surface area (Å²) in [6.07, 6.45) is 9.88. The number of hydrogen-bond donors (Lipinski definition) is 1. The van der Waals surface area contributed by atoms with E-state index in [-0.39, 0.29) is 5.56 Å². The van der Waals surface area contributed by atoms with E-state index in [9.17, 15) is 4.79 Å². The van der Waals surface area contributed by atoms with E-state index < -0.39 is 0 Å². The Morgan fingerprint density at radius 2 is 2.06 bits per heavy atom. The van der Waals surface area contributed by atoms with Gasteiger partial charge in [-0.25, -0.2) is 9.66 Å². The van der Waals surface area contributed by atoms with E-state index in [1.807, 2.05) is 16.8 Å². The van der Waals surface area contributed by atoms with Crippen molar-refractivity contribution in [3.63, 3.8) is 0 Å². The molecule has 2 N–H and O–H groups in total. The first-order valence-electron chi connectivity index (χ1n) is 6.26. The van der Waals surface area contributed by atoms with E-state index in [1.165, 1.54) is 17.5 Å². The first-order valence-corrected chi connectivity index (χ1v) is 6.26. The third-order valence-electron chi connectivity index (χ3n) is 3.66. The van der Waals surface area contributed by atoms with Gasteiger partial charge in [0.1, 0.15) is 0 Å². The maximum absolute atomic E-state index is 11.9. The molecule has 3 rings (SSSR count). The Balaban J connectivity index is 2.10. The highest BCUT2D eigenvalue weighted by Crippen LogP contribution is 2.33. The topological polar surface area (TPSA) is 65.8 Å². The summed E-state index contributed by atoms with van der Waals surface area (Å²) in [6.45, 7) is 0. The molecule has 5 nitrogen and oxygen atoms in total. The Morgan fingerprint density at radius 3 is 2.72 bits per heavy atom. The van der Waals surface area contributed by atoms with E-state index in [0.29, 0.717) is 5.92 Å². The molecule has 0 spiro atoms. The quantitative estimate of drug-likeness (QED) is 0.812. The second kappa shape index (κ2) is 4.33. The molecule has 0 bridgehead atoms. The van der Waals surface area contributed by atoms with Crippen molar-refractivity contribution in [3.8, 4) is 5.69 Å². The molecule has 2 aromatic rings. The Morgan fingerprint density at radius 1 is 1.28 bits per heavy atom. The van der Waals surface area contributed by atoms with Gasteiger partial charge in [0, 0.05) is 30.1 Å². The van der Waals surface area contributed by atoms with Crippen LogP contribution >= 0.6 is 0 Å². The molecule has 0 aromatic carbocycles. The van der Waals surface area contributed by atoms with Crippen molar-refractivity contribution in [2.75, 3.05) is 5.84 Å². The van der Waals surface area contributed by atoms with E-state index in [1.54, 1.807) is 18.6 Å². The highest BCUT2D eigenvalue weighted by molar-refractivity contribution is 5.34. The molecule has 1 fully saturated rings. The number of nitrogen functional groups attached to an aromatic ring is 1. The Bertz CT molecular complexity index is 594. The van der Waals surface area contributed by atoms with Crippen LogP contribution in [0.15, 0.2) is 35.6 Å². The van der Waals surface area contributed by atoms with Gasteiger partial charge in [-0.1, -0.05) is 12.8 Å². The number of hydrogen-bond acceptors (Lipinski definition) is 3. The van der Waals surface area contributed by atoms with Gasteiger partial charge in [0.15, 0.2) is 0 Å². The molecule has 18 heavy (non-hydrogen) atoms. The van der Waals surface area contributed by atoms with Crippen molar-refractivity contribution >= 4 is 0 Å². The maximum Gasteiger partial charge on any atom is 0.270 e. The van der Waals surface area contributed by atoms with Gasteiger partial charge in [0.05, 0.1) is 12.0 Å². The first-order chi connectivity index (χ1) is 8.75. The average Bonchev–Trinajstić information content (AvgIpc) is 3.03. The SMILES string of the molecule is Nn1c(C2CCCC2)cc(-n2ccnc2)cc1=O. The summed E-state index contributed by atoms with van der Waals surface area (Å²) in [5, 5.41) is 0. The smallest absolute Gasteiger partial charge is 0.270 e. The molecule has 0 unspecified atom stereocenters. The van der Waals surface area contributed by atoms with E-state index >= 15 is 0 Å². The number of pyridine rings is 1. The molecule has 2 heterocycles. The van der Waals surface area contributed by atoms with Crippen LogP contribution < -0.4 is 11.4 Å². The third kappa shape index (κ3) is 1.81. The fourth-order valence-corrected chi connectivity index (χ4v) is 2.68. The van der Waals surface area contributed by atoms with Crippen molar-refractivity contribution in [2.45, 2.75) is 31.6 Å². The lowest BCUT2D eigenvalue weighted by molar-refractivity contribution is 0.652. The number of nitrogens with two attached hydrogens (primary N) is 1. The van der Waals surface area contributed by atoms with Gasteiger partial charge in [-0.3, -0.25) is 4.79 Å². The minimum atomic E-state index is -0.164. The van der Waals surface area contributed by atoms with Crippen molar-refractivity contribution in [3.05, 3.63) is 46.9 Å². The summed E-state index contributed by atoms with van der Waals surface area (Å²) in [6, 6.07) is 3.54. The molecule has 0 aliphatic heterocycles. The molecular weight excluding hydrogens is 228 g/mol. The molecule has 0 amide bonds. The number of rotatable bonds is 2. The van der Waals surface area contributed by atoms with E-state index in [2.05, 4.69) is 4.98 Å². The van der Waals surface area contributed by atoms with E-state index in [0.717, 1.165) is 24.2 Å². The van der Waals surface area contributed by atoms with Crippen LogP contribution in [-0.4, -0.2) is 14.2 Å². The average molecular weight is 244 g/mol. The molecule has 1 aliphatic rings. The standard InChI is InChI=1S/C13H16N4O/c14-17-12(10-3-1-2-4-10)7-11(8-13(17)18)16-6-5-15-9-16/h5-10H,1-4,14H2. The van der Waals surface area contributed by atoms with Crippen LogP contribution in [-0.2, 0) is 0 Å². The summed E-state index contributed by atoms with van der Waals surface area (Å²) in [5.74, 6) is 6.27. The van der Waals surface area contributed by atoms with Crippen LogP contribution in [0.25, 0.3) is 5.69 Å². The summed E-state index contributed by atoms with van der Waals surface area (Å²) < 4.78 is 3.12. The Labute approximate surface area is 105 Å². The van der Waals surface area contributed by atoms with Gasteiger partial charge in [0.25, 0.3) is 5.56 Å². The van der Waals surface area contributed by atoms with Crippen molar-refractivity contribution < 1.29 is 0 Å². The highest BCUT2D eigenvalue weighted by Gasteiger charge is 2.21. The third-order valence-corrected chi connectivity index (χ3v) is 3.66. The van der Waals surface area contributed by atoms with Gasteiger partial charge in [-0.05, 0) is 18.9 Å². The minimum absolute atomic E-state index is 0.164. The lowest BCUT2D eigenvalue weighted by Gasteiger charge is -2.15. The Kier molecular flexibility index (Phi) is 2.66. The van der Waals surface area contributed by atoms with Crippen LogP contribution in [0.5, 0.6) is 0 Å². The molecule has 1 saturated carbocycles. The number of nitrogens with zero attached hydrogens (tertiary/aromatic N) is 3. The molecular formula is C13H16N4O. The zero-order chi connectivity index (χ0) is 12.5. The summed E-state index contributed by atoms with van der Waals surface area (Å²) in [4.78, 5) is 15.9. The van der Waals surface area contributed by atoms with Gasteiger partial charge >= 0.3 is 0 Å². The monoisotopic (exact) mass is 244 g/mol. The second-order valence-corrected chi connectivity index (χ2v) is 4.80. The molecule has 0 radical (unpaired) electrons. The lowest BCUT2D eigenvalue weighted by Crippen LogP contribution is -2.31. The highest BCUT2D eigenvalue weighted by atomic mass is 16.1. The molecule has 0 atom stereocenters. The second-order valence-electron chi connectivity index (χ2n) is 4.80. The van der Waals surface area contributed by atoms with Crippen LogP contribution in [0.2, 0.25) is 0 Å². The largest absolute Gasteiger partial charge is 0.336 e. The van der Waals surface area contributed by atoms with Crippen molar-refractivity contribution in [1.29, 1.82) is 0 Å². The summed E-state index contributed by atoms with van der Waals surface area (Å²) >= 11 is 0. The van der Waals surface area contributed by atoms with Crippen LogP contribution in [0.1, 0.15) is 37.3 Å². The number of imidazole rings is 1.